The molecule has 2 bridgehead atoms. The maximum Gasteiger partial charge on any atom is 0.255 e. The van der Waals surface area contributed by atoms with Gasteiger partial charge in [0, 0.05) is 57.0 Å². The van der Waals surface area contributed by atoms with E-state index in [1.807, 2.05) is 30.3 Å². The summed E-state index contributed by atoms with van der Waals surface area (Å²) in [6.07, 6.45) is 1.56. The molecular weight excluding hydrogens is 586 g/mol. The summed E-state index contributed by atoms with van der Waals surface area (Å²) in [5.74, 6) is -2.16. The van der Waals surface area contributed by atoms with Crippen LogP contribution in [-0.2, 0) is 10.0 Å². The van der Waals surface area contributed by atoms with Gasteiger partial charge in [-0.25, -0.2) is 17.2 Å². The van der Waals surface area contributed by atoms with Crippen molar-refractivity contribution >= 4 is 38.9 Å². The highest BCUT2D eigenvalue weighted by molar-refractivity contribution is 7.89. The van der Waals surface area contributed by atoms with Gasteiger partial charge in [-0.05, 0) is 55.3 Å². The summed E-state index contributed by atoms with van der Waals surface area (Å²) in [5.41, 5.74) is 1.65. The van der Waals surface area contributed by atoms with Gasteiger partial charge in [0.05, 0.1) is 28.3 Å². The van der Waals surface area contributed by atoms with Gasteiger partial charge in [0.2, 0.25) is 10.0 Å². The fourth-order valence-electron chi connectivity index (χ4n) is 6.33. The Morgan fingerprint density at radius 1 is 0.905 bits per heavy atom. The highest BCUT2D eigenvalue weighted by atomic mass is 35.5. The molecule has 0 saturated carbocycles. The Bertz CT molecular complexity index is 1590. The number of ether oxygens (including phenoxy) is 1. The first-order valence-electron chi connectivity index (χ1n) is 13.9. The summed E-state index contributed by atoms with van der Waals surface area (Å²) in [6.45, 7) is 2.58. The zero-order chi connectivity index (χ0) is 29.6. The Balaban J connectivity index is 1.22. The van der Waals surface area contributed by atoms with Gasteiger partial charge >= 0.3 is 0 Å². The van der Waals surface area contributed by atoms with E-state index in [-0.39, 0.29) is 27.6 Å². The number of carbonyl (C=O) groups is 1. The topological polar surface area (TPSA) is 73.4 Å². The number of para-hydroxylation sites is 1. The van der Waals surface area contributed by atoms with Gasteiger partial charge in [-0.1, -0.05) is 29.8 Å². The molecule has 2 unspecified atom stereocenters. The first-order valence-corrected chi connectivity index (χ1v) is 15.7. The van der Waals surface area contributed by atoms with Crippen LogP contribution in [0.2, 0.25) is 5.02 Å². The van der Waals surface area contributed by atoms with E-state index in [1.165, 1.54) is 4.31 Å². The number of sulfonamides is 1. The minimum Gasteiger partial charge on any atom is -0.495 e. The molecule has 0 aromatic heterocycles. The van der Waals surface area contributed by atoms with Gasteiger partial charge < -0.3 is 19.4 Å². The maximum atomic E-state index is 13.9. The van der Waals surface area contributed by atoms with Crippen LogP contribution in [0.4, 0.5) is 20.2 Å². The molecule has 3 saturated heterocycles. The minimum absolute atomic E-state index is 0.0820. The lowest BCUT2D eigenvalue weighted by atomic mass is 10.1. The summed E-state index contributed by atoms with van der Waals surface area (Å²) in [7, 11) is -2.22. The van der Waals surface area contributed by atoms with E-state index >= 15 is 0 Å². The third-order valence-electron chi connectivity index (χ3n) is 8.44. The first-order chi connectivity index (χ1) is 20.2. The first kappa shape index (κ1) is 28.7. The molecule has 2 atom stereocenters. The fraction of sp³-hybridized carbons (Fsp3) is 0.367. The van der Waals surface area contributed by atoms with Crippen LogP contribution in [0.3, 0.4) is 0 Å². The van der Waals surface area contributed by atoms with Crippen LogP contribution >= 0.6 is 11.6 Å². The molecule has 3 aromatic carbocycles. The average Bonchev–Trinajstić information content (AvgIpc) is 3.27. The maximum absolute atomic E-state index is 13.9. The van der Waals surface area contributed by atoms with Crippen LogP contribution in [0.5, 0.6) is 5.75 Å². The molecule has 0 radical (unpaired) electrons. The van der Waals surface area contributed by atoms with Crippen molar-refractivity contribution in [1.82, 2.24) is 9.21 Å². The number of amides is 1. The molecule has 3 heterocycles. The molecule has 3 fully saturated rings. The van der Waals surface area contributed by atoms with Crippen LogP contribution in [-0.4, -0.2) is 82.0 Å². The molecule has 222 valence electrons. The number of fused-ring (bicyclic) bond motifs is 2. The van der Waals surface area contributed by atoms with Crippen molar-refractivity contribution in [3.63, 3.8) is 0 Å². The standard InChI is InChI=1S/C30H31ClF2N4O4S/c1-41-29-10-9-23(42(39,40)36-13-11-34(12-14-36)20-5-3-2-4-6-20)15-28(29)37-21-7-8-22(37)19-35(18-21)30(38)24-16-26(32)27(33)17-25(24)31/h2-6,9-10,15-17,21-22H,7-8,11-14,18-19H2,1H3. The van der Waals surface area contributed by atoms with Crippen LogP contribution in [0, 0.1) is 11.6 Å². The van der Waals surface area contributed by atoms with Crippen molar-refractivity contribution < 1.29 is 26.7 Å². The predicted octanol–water partition coefficient (Wildman–Crippen LogP) is 4.63. The number of hydrogen-bond acceptors (Lipinski definition) is 6. The van der Waals surface area contributed by atoms with E-state index in [4.69, 9.17) is 16.3 Å². The number of benzene rings is 3. The summed E-state index contributed by atoms with van der Waals surface area (Å²) < 4.78 is 62.2. The Labute approximate surface area is 249 Å². The molecule has 1 amide bonds. The van der Waals surface area contributed by atoms with Crippen molar-refractivity contribution in [3.05, 3.63) is 82.9 Å². The Morgan fingerprint density at radius 3 is 2.19 bits per heavy atom. The molecule has 0 N–H and O–H groups in total. The van der Waals surface area contributed by atoms with Crippen molar-refractivity contribution in [3.8, 4) is 5.75 Å². The van der Waals surface area contributed by atoms with Crippen molar-refractivity contribution in [1.29, 1.82) is 0 Å². The molecule has 3 aromatic rings. The van der Waals surface area contributed by atoms with E-state index in [1.54, 1.807) is 30.2 Å². The molecule has 3 aliphatic heterocycles. The van der Waals surface area contributed by atoms with Gasteiger partial charge in [0.1, 0.15) is 5.75 Å². The highest BCUT2D eigenvalue weighted by Crippen LogP contribution is 2.41. The van der Waals surface area contributed by atoms with Crippen LogP contribution in [0.1, 0.15) is 23.2 Å². The number of rotatable bonds is 6. The summed E-state index contributed by atoms with van der Waals surface area (Å²) in [4.78, 5) is 19.4. The molecule has 3 aliphatic rings. The van der Waals surface area contributed by atoms with E-state index in [9.17, 15) is 22.0 Å². The molecule has 42 heavy (non-hydrogen) atoms. The molecule has 0 aliphatic carbocycles. The minimum atomic E-state index is -3.76. The second kappa shape index (κ2) is 11.3. The number of halogens is 3. The average molecular weight is 617 g/mol. The van der Waals surface area contributed by atoms with Crippen LogP contribution < -0.4 is 14.5 Å². The number of piperazine rings is 2. The van der Waals surface area contributed by atoms with Gasteiger partial charge in [0.15, 0.2) is 11.6 Å². The fourth-order valence-corrected chi connectivity index (χ4v) is 8.00. The molecule has 0 spiro atoms. The van der Waals surface area contributed by atoms with Gasteiger partial charge in [-0.3, -0.25) is 4.79 Å². The van der Waals surface area contributed by atoms with Crippen molar-refractivity contribution in [2.45, 2.75) is 29.8 Å². The predicted molar refractivity (Wildman–Crippen MR) is 157 cm³/mol. The van der Waals surface area contributed by atoms with Gasteiger partial charge in [-0.2, -0.15) is 4.31 Å². The number of nitrogens with zero attached hydrogens (tertiary/aromatic N) is 4. The number of hydrogen-bond donors (Lipinski definition) is 0. The van der Waals surface area contributed by atoms with E-state index in [2.05, 4.69) is 9.80 Å². The summed E-state index contributed by atoms with van der Waals surface area (Å²) in [6, 6.07) is 16.3. The molecule has 6 rings (SSSR count). The lowest BCUT2D eigenvalue weighted by molar-refractivity contribution is 0.0717. The number of anilines is 2. The van der Waals surface area contributed by atoms with Crippen LogP contribution in [0.15, 0.2) is 65.6 Å². The van der Waals surface area contributed by atoms with E-state index in [0.29, 0.717) is 50.7 Å². The zero-order valence-corrected chi connectivity index (χ0v) is 24.6. The number of carbonyl (C=O) groups excluding carboxylic acids is 1. The van der Waals surface area contributed by atoms with Crippen LogP contribution in [0.25, 0.3) is 0 Å². The SMILES string of the molecule is COc1ccc(S(=O)(=O)N2CCN(c3ccccc3)CC2)cc1N1C2CCC1CN(C(=O)c1cc(F)c(F)cc1Cl)C2. The Kier molecular flexibility index (Phi) is 7.75. The number of methoxy groups -OCH3 is 1. The van der Waals surface area contributed by atoms with Crippen molar-refractivity contribution in [2.75, 3.05) is 56.2 Å². The second-order valence-corrected chi connectivity index (χ2v) is 13.2. The quantitative estimate of drug-likeness (QED) is 0.376. The van der Waals surface area contributed by atoms with Gasteiger partial charge in [0.25, 0.3) is 5.91 Å². The number of likely N-dealkylation sites (tertiary alicyclic amines) is 1. The largest absolute Gasteiger partial charge is 0.495 e. The second-order valence-electron chi connectivity index (χ2n) is 10.8. The third kappa shape index (κ3) is 5.18. The lowest BCUT2D eigenvalue weighted by Crippen LogP contribution is -2.55. The van der Waals surface area contributed by atoms with E-state index < -0.39 is 27.6 Å². The smallest absolute Gasteiger partial charge is 0.255 e. The van der Waals surface area contributed by atoms with E-state index in [0.717, 1.165) is 30.7 Å². The summed E-state index contributed by atoms with van der Waals surface area (Å²) in [5, 5.41) is -0.141. The highest BCUT2D eigenvalue weighted by Gasteiger charge is 2.43. The monoisotopic (exact) mass is 616 g/mol. The third-order valence-corrected chi connectivity index (χ3v) is 10.6. The van der Waals surface area contributed by atoms with Crippen molar-refractivity contribution in [2.24, 2.45) is 0 Å². The lowest BCUT2D eigenvalue weighted by Gasteiger charge is -2.43. The Hall–Kier alpha value is -3.41. The molecular formula is C30H31ClF2N4O4S. The Morgan fingerprint density at radius 2 is 1.55 bits per heavy atom. The molecule has 12 heteroatoms. The molecule has 8 nitrogen and oxygen atoms in total. The van der Waals surface area contributed by atoms with Gasteiger partial charge in [-0.15, -0.1) is 0 Å². The normalized spacial score (nSPS) is 21.1. The summed E-state index contributed by atoms with van der Waals surface area (Å²) >= 11 is 6.09. The zero-order valence-electron chi connectivity index (χ0n) is 23.0.